The van der Waals surface area contributed by atoms with Crippen LogP contribution in [0.15, 0.2) is 30.6 Å². The molecular weight excluding hydrogens is 322 g/mol. The van der Waals surface area contributed by atoms with Crippen LogP contribution in [0, 0.1) is 6.92 Å². The molecule has 1 aliphatic rings. The van der Waals surface area contributed by atoms with Crippen LogP contribution in [0.25, 0.3) is 10.2 Å². The second-order valence-corrected chi connectivity index (χ2v) is 7.37. The monoisotopic (exact) mass is 341 g/mol. The number of hydrogen-bond donors (Lipinski definition) is 1. The molecule has 1 N–H and O–H groups in total. The lowest BCUT2D eigenvalue weighted by molar-refractivity contribution is 0.373. The Labute approximate surface area is 144 Å². The van der Waals surface area contributed by atoms with Crippen molar-refractivity contribution in [1.29, 1.82) is 0 Å². The largest absolute Gasteiger partial charge is 0.504 e. The molecule has 1 aliphatic carbocycles. The van der Waals surface area contributed by atoms with Gasteiger partial charge in [-0.15, -0.1) is 11.3 Å². The fourth-order valence-electron chi connectivity index (χ4n) is 2.97. The van der Waals surface area contributed by atoms with Crippen molar-refractivity contribution in [2.45, 2.75) is 32.4 Å². The standard InChI is InChI=1S/C18H19N3O2S/c1-11-7-14-17(19-10-20-18(14)24-11)21(13-4-5-13)9-12-3-6-15(22)16(8-12)23-2/h3,6-8,10,13,22H,4-5,9H2,1-2H3. The van der Waals surface area contributed by atoms with Crippen molar-refractivity contribution < 1.29 is 9.84 Å². The summed E-state index contributed by atoms with van der Waals surface area (Å²) in [5.74, 6) is 1.67. The summed E-state index contributed by atoms with van der Waals surface area (Å²) in [5.41, 5.74) is 1.09. The maximum atomic E-state index is 9.79. The van der Waals surface area contributed by atoms with Crippen LogP contribution in [-0.4, -0.2) is 28.2 Å². The second-order valence-electron chi connectivity index (χ2n) is 6.14. The van der Waals surface area contributed by atoms with E-state index in [1.807, 2.05) is 12.1 Å². The zero-order chi connectivity index (χ0) is 16.7. The molecule has 0 radical (unpaired) electrons. The quantitative estimate of drug-likeness (QED) is 0.763. The van der Waals surface area contributed by atoms with Gasteiger partial charge in [-0.3, -0.25) is 0 Å². The molecule has 3 aromatic rings. The number of benzene rings is 1. The van der Waals surface area contributed by atoms with Gasteiger partial charge in [0.2, 0.25) is 0 Å². The predicted molar refractivity (Wildman–Crippen MR) is 96.0 cm³/mol. The van der Waals surface area contributed by atoms with Crippen molar-refractivity contribution >= 4 is 27.4 Å². The number of methoxy groups -OCH3 is 1. The molecule has 0 bridgehead atoms. The van der Waals surface area contributed by atoms with E-state index in [-0.39, 0.29) is 5.75 Å². The number of thiophene rings is 1. The Morgan fingerprint density at radius 2 is 2.12 bits per heavy atom. The van der Waals surface area contributed by atoms with E-state index in [0.717, 1.165) is 28.1 Å². The molecule has 1 fully saturated rings. The Kier molecular flexibility index (Phi) is 3.76. The van der Waals surface area contributed by atoms with Crippen LogP contribution in [-0.2, 0) is 6.54 Å². The summed E-state index contributed by atoms with van der Waals surface area (Å²) in [6.45, 7) is 2.84. The Morgan fingerprint density at radius 3 is 2.88 bits per heavy atom. The van der Waals surface area contributed by atoms with Crippen LogP contribution in [0.1, 0.15) is 23.3 Å². The highest BCUT2D eigenvalue weighted by molar-refractivity contribution is 7.18. The van der Waals surface area contributed by atoms with Crippen molar-refractivity contribution in [2.24, 2.45) is 0 Å². The van der Waals surface area contributed by atoms with E-state index in [0.29, 0.717) is 11.8 Å². The van der Waals surface area contributed by atoms with Crippen molar-refractivity contribution in [3.63, 3.8) is 0 Å². The third-order valence-corrected chi connectivity index (χ3v) is 5.25. The third kappa shape index (κ3) is 2.78. The Hall–Kier alpha value is -2.34. The average molecular weight is 341 g/mol. The Bertz CT molecular complexity index is 889. The summed E-state index contributed by atoms with van der Waals surface area (Å²) in [7, 11) is 1.57. The molecule has 0 atom stereocenters. The number of phenols is 1. The van der Waals surface area contributed by atoms with Gasteiger partial charge in [-0.25, -0.2) is 9.97 Å². The lowest BCUT2D eigenvalue weighted by Gasteiger charge is -2.24. The summed E-state index contributed by atoms with van der Waals surface area (Å²) in [6, 6.07) is 8.20. The number of aromatic hydroxyl groups is 1. The van der Waals surface area contributed by atoms with Crippen LogP contribution in [0.2, 0.25) is 0 Å². The van der Waals surface area contributed by atoms with E-state index in [1.54, 1.807) is 30.8 Å². The first-order valence-electron chi connectivity index (χ1n) is 7.99. The summed E-state index contributed by atoms with van der Waals surface area (Å²) < 4.78 is 5.23. The normalized spacial score (nSPS) is 14.1. The van der Waals surface area contributed by atoms with Crippen LogP contribution in [0.4, 0.5) is 5.82 Å². The highest BCUT2D eigenvalue weighted by Gasteiger charge is 2.31. The molecular formula is C18H19N3O2S. The molecule has 5 nitrogen and oxygen atoms in total. The number of aromatic nitrogens is 2. The molecule has 6 heteroatoms. The number of nitrogens with zero attached hydrogens (tertiary/aromatic N) is 3. The molecule has 0 spiro atoms. The van der Waals surface area contributed by atoms with E-state index < -0.39 is 0 Å². The number of phenolic OH excluding ortho intramolecular Hbond substituents is 1. The van der Waals surface area contributed by atoms with Crippen LogP contribution in [0.5, 0.6) is 11.5 Å². The minimum absolute atomic E-state index is 0.164. The van der Waals surface area contributed by atoms with Crippen molar-refractivity contribution in [3.8, 4) is 11.5 Å². The fourth-order valence-corrected chi connectivity index (χ4v) is 3.81. The first kappa shape index (κ1) is 15.2. The number of aryl methyl sites for hydroxylation is 1. The molecule has 2 aromatic heterocycles. The van der Waals surface area contributed by atoms with Gasteiger partial charge in [0.1, 0.15) is 17.0 Å². The van der Waals surface area contributed by atoms with Crippen molar-refractivity contribution in [1.82, 2.24) is 9.97 Å². The first-order chi connectivity index (χ1) is 11.7. The number of fused-ring (bicyclic) bond motifs is 1. The van der Waals surface area contributed by atoms with Crippen LogP contribution in [0.3, 0.4) is 0 Å². The highest BCUT2D eigenvalue weighted by atomic mass is 32.1. The number of anilines is 1. The topological polar surface area (TPSA) is 58.5 Å². The minimum Gasteiger partial charge on any atom is -0.504 e. The average Bonchev–Trinajstić information content (AvgIpc) is 3.34. The summed E-state index contributed by atoms with van der Waals surface area (Å²) in [5, 5.41) is 10.9. The SMILES string of the molecule is COc1cc(CN(c2ncnc3sc(C)cc23)C2CC2)ccc1O. The van der Waals surface area contributed by atoms with Gasteiger partial charge in [0.05, 0.1) is 12.5 Å². The smallest absolute Gasteiger partial charge is 0.160 e. The van der Waals surface area contributed by atoms with E-state index >= 15 is 0 Å². The van der Waals surface area contributed by atoms with E-state index in [9.17, 15) is 5.11 Å². The summed E-state index contributed by atoms with van der Waals surface area (Å²) in [6.07, 6.45) is 4.02. The number of ether oxygens (including phenoxy) is 1. The first-order valence-corrected chi connectivity index (χ1v) is 8.81. The predicted octanol–water partition coefficient (Wildman–Crippen LogP) is 3.88. The van der Waals surface area contributed by atoms with Gasteiger partial charge in [-0.1, -0.05) is 6.07 Å². The van der Waals surface area contributed by atoms with Gasteiger partial charge in [0.15, 0.2) is 11.5 Å². The van der Waals surface area contributed by atoms with Crippen molar-refractivity contribution in [2.75, 3.05) is 12.0 Å². The van der Waals surface area contributed by atoms with Gasteiger partial charge < -0.3 is 14.7 Å². The van der Waals surface area contributed by atoms with E-state index in [4.69, 9.17) is 4.74 Å². The molecule has 4 rings (SSSR count). The number of rotatable bonds is 5. The summed E-state index contributed by atoms with van der Waals surface area (Å²) in [4.78, 5) is 13.6. The van der Waals surface area contributed by atoms with E-state index in [1.165, 1.54) is 17.7 Å². The zero-order valence-corrected chi connectivity index (χ0v) is 14.5. The lowest BCUT2D eigenvalue weighted by Crippen LogP contribution is -2.26. The molecule has 0 aliphatic heterocycles. The maximum absolute atomic E-state index is 9.79. The highest BCUT2D eigenvalue weighted by Crippen LogP contribution is 2.38. The summed E-state index contributed by atoms with van der Waals surface area (Å²) >= 11 is 1.70. The molecule has 0 unspecified atom stereocenters. The third-order valence-electron chi connectivity index (χ3n) is 4.29. The second kappa shape index (κ2) is 5.94. The Morgan fingerprint density at radius 1 is 1.29 bits per heavy atom. The molecule has 2 heterocycles. The number of hydrogen-bond acceptors (Lipinski definition) is 6. The van der Waals surface area contributed by atoms with Crippen LogP contribution >= 0.6 is 11.3 Å². The lowest BCUT2D eigenvalue weighted by atomic mass is 10.1. The van der Waals surface area contributed by atoms with Gasteiger partial charge >= 0.3 is 0 Å². The van der Waals surface area contributed by atoms with Gasteiger partial charge in [-0.05, 0) is 43.5 Å². The van der Waals surface area contributed by atoms with Gasteiger partial charge in [-0.2, -0.15) is 0 Å². The molecule has 24 heavy (non-hydrogen) atoms. The van der Waals surface area contributed by atoms with E-state index in [2.05, 4.69) is 27.9 Å². The Balaban J connectivity index is 1.72. The molecule has 1 aromatic carbocycles. The van der Waals surface area contributed by atoms with Gasteiger partial charge in [0.25, 0.3) is 0 Å². The van der Waals surface area contributed by atoms with Crippen LogP contribution < -0.4 is 9.64 Å². The maximum Gasteiger partial charge on any atom is 0.160 e. The zero-order valence-electron chi connectivity index (χ0n) is 13.7. The fraction of sp³-hybridized carbons (Fsp3) is 0.333. The molecule has 0 amide bonds. The van der Waals surface area contributed by atoms with Crippen molar-refractivity contribution in [3.05, 3.63) is 41.0 Å². The molecule has 124 valence electrons. The molecule has 1 saturated carbocycles. The van der Waals surface area contributed by atoms with Gasteiger partial charge in [0, 0.05) is 17.5 Å². The molecule has 0 saturated heterocycles. The minimum atomic E-state index is 0.164.